The van der Waals surface area contributed by atoms with E-state index < -0.39 is 0 Å². The number of ether oxygens (including phenoxy) is 1. The van der Waals surface area contributed by atoms with Gasteiger partial charge in [-0.15, -0.1) is 0 Å². The van der Waals surface area contributed by atoms with Crippen LogP contribution in [0.5, 0.6) is 5.75 Å². The van der Waals surface area contributed by atoms with Crippen molar-refractivity contribution in [2.75, 3.05) is 7.11 Å². The van der Waals surface area contributed by atoms with Crippen LogP contribution in [0.15, 0.2) is 60.7 Å². The highest BCUT2D eigenvalue weighted by Gasteiger charge is 2.16. The molecule has 0 spiro atoms. The van der Waals surface area contributed by atoms with E-state index >= 15 is 0 Å². The Bertz CT molecular complexity index is 827. The van der Waals surface area contributed by atoms with Gasteiger partial charge < -0.3 is 4.74 Å². The maximum absolute atomic E-state index is 5.84. The Morgan fingerprint density at radius 3 is 1.75 bits per heavy atom. The van der Waals surface area contributed by atoms with Crippen molar-refractivity contribution in [1.82, 2.24) is 0 Å². The zero-order valence-electron chi connectivity index (χ0n) is 14.9. The van der Waals surface area contributed by atoms with E-state index in [1.54, 1.807) is 7.11 Å². The SMILES string of the molecule is CCc1ccc(-c2ccc(C)cc2)c(-c2ccc(C)cc2)c1OC. The van der Waals surface area contributed by atoms with Crippen LogP contribution in [-0.2, 0) is 6.42 Å². The summed E-state index contributed by atoms with van der Waals surface area (Å²) in [6.07, 6.45) is 0.955. The summed E-state index contributed by atoms with van der Waals surface area (Å²) in [5, 5.41) is 0. The molecule has 0 aliphatic carbocycles. The Hall–Kier alpha value is -2.54. The van der Waals surface area contributed by atoms with Crippen molar-refractivity contribution in [2.24, 2.45) is 0 Å². The fraction of sp³-hybridized carbons (Fsp3) is 0.217. The number of aryl methyl sites for hydroxylation is 3. The molecule has 0 saturated heterocycles. The van der Waals surface area contributed by atoms with Crippen molar-refractivity contribution in [2.45, 2.75) is 27.2 Å². The molecule has 0 fully saturated rings. The molecular weight excluding hydrogens is 292 g/mol. The summed E-state index contributed by atoms with van der Waals surface area (Å²) < 4.78 is 5.84. The van der Waals surface area contributed by atoms with Gasteiger partial charge in [-0.3, -0.25) is 0 Å². The minimum atomic E-state index is 0.955. The average molecular weight is 316 g/mol. The lowest BCUT2D eigenvalue weighted by Crippen LogP contribution is -1.97. The Morgan fingerprint density at radius 2 is 1.25 bits per heavy atom. The number of methoxy groups -OCH3 is 1. The summed E-state index contributed by atoms with van der Waals surface area (Å²) in [5.74, 6) is 0.986. The molecule has 0 N–H and O–H groups in total. The molecule has 3 aromatic carbocycles. The van der Waals surface area contributed by atoms with E-state index in [0.29, 0.717) is 0 Å². The number of hydrogen-bond donors (Lipinski definition) is 0. The normalized spacial score (nSPS) is 10.7. The van der Waals surface area contributed by atoms with E-state index in [1.165, 1.54) is 38.9 Å². The van der Waals surface area contributed by atoms with Crippen LogP contribution in [0.25, 0.3) is 22.3 Å². The van der Waals surface area contributed by atoms with Gasteiger partial charge >= 0.3 is 0 Å². The van der Waals surface area contributed by atoms with E-state index in [2.05, 4.69) is 81.4 Å². The summed E-state index contributed by atoms with van der Waals surface area (Å²) in [6.45, 7) is 6.40. The molecule has 0 unspecified atom stereocenters. The van der Waals surface area contributed by atoms with E-state index in [-0.39, 0.29) is 0 Å². The Labute approximate surface area is 144 Å². The van der Waals surface area contributed by atoms with Crippen LogP contribution in [0, 0.1) is 13.8 Å². The molecule has 0 amide bonds. The Morgan fingerprint density at radius 1 is 0.708 bits per heavy atom. The van der Waals surface area contributed by atoms with Gasteiger partial charge in [0.1, 0.15) is 5.75 Å². The molecule has 0 aliphatic heterocycles. The van der Waals surface area contributed by atoms with Crippen LogP contribution < -0.4 is 4.74 Å². The lowest BCUT2D eigenvalue weighted by atomic mass is 9.90. The second kappa shape index (κ2) is 6.92. The van der Waals surface area contributed by atoms with Crippen molar-refractivity contribution in [1.29, 1.82) is 0 Å². The van der Waals surface area contributed by atoms with Gasteiger partial charge in [-0.2, -0.15) is 0 Å². The van der Waals surface area contributed by atoms with Gasteiger partial charge in [0.15, 0.2) is 0 Å². The molecule has 0 bridgehead atoms. The van der Waals surface area contributed by atoms with Gasteiger partial charge in [0.25, 0.3) is 0 Å². The third-order valence-corrected chi connectivity index (χ3v) is 4.53. The van der Waals surface area contributed by atoms with Gasteiger partial charge in [-0.1, -0.05) is 78.7 Å². The van der Waals surface area contributed by atoms with Gasteiger partial charge in [-0.25, -0.2) is 0 Å². The molecule has 122 valence electrons. The van der Waals surface area contributed by atoms with Crippen LogP contribution in [0.4, 0.5) is 0 Å². The number of hydrogen-bond acceptors (Lipinski definition) is 1. The summed E-state index contributed by atoms with van der Waals surface area (Å²) in [6, 6.07) is 21.8. The predicted molar refractivity (Wildman–Crippen MR) is 103 cm³/mol. The monoisotopic (exact) mass is 316 g/mol. The zero-order valence-corrected chi connectivity index (χ0v) is 14.9. The molecular formula is C23H24O. The molecule has 1 nitrogen and oxygen atoms in total. The first-order valence-corrected chi connectivity index (χ1v) is 8.48. The molecule has 1 heteroatoms. The number of rotatable bonds is 4. The Balaban J connectivity index is 2.28. The molecule has 0 aromatic heterocycles. The highest BCUT2D eigenvalue weighted by Crippen LogP contribution is 2.41. The third-order valence-electron chi connectivity index (χ3n) is 4.53. The third kappa shape index (κ3) is 3.07. The second-order valence-electron chi connectivity index (χ2n) is 6.27. The van der Waals surface area contributed by atoms with Crippen LogP contribution in [0.1, 0.15) is 23.6 Å². The standard InChI is InChI=1S/C23H24O/c1-5-18-14-15-21(19-10-6-16(2)7-11-19)22(23(18)24-4)20-12-8-17(3)9-13-20/h6-15H,5H2,1-4H3. The first-order valence-electron chi connectivity index (χ1n) is 8.48. The average Bonchev–Trinajstić information content (AvgIpc) is 2.62. The minimum Gasteiger partial charge on any atom is -0.496 e. The minimum absolute atomic E-state index is 0.955. The number of benzene rings is 3. The molecule has 0 aliphatic rings. The first-order chi connectivity index (χ1) is 11.6. The summed E-state index contributed by atoms with van der Waals surface area (Å²) >= 11 is 0. The quantitative estimate of drug-likeness (QED) is 0.556. The maximum Gasteiger partial charge on any atom is 0.130 e. The van der Waals surface area contributed by atoms with Gasteiger partial charge in [-0.05, 0) is 42.5 Å². The smallest absolute Gasteiger partial charge is 0.130 e. The lowest BCUT2D eigenvalue weighted by molar-refractivity contribution is 0.412. The fourth-order valence-electron chi connectivity index (χ4n) is 3.12. The largest absolute Gasteiger partial charge is 0.496 e. The van der Waals surface area contributed by atoms with Gasteiger partial charge in [0.05, 0.1) is 7.11 Å². The first kappa shape index (κ1) is 16.3. The Kier molecular flexibility index (Phi) is 4.71. The fourth-order valence-corrected chi connectivity index (χ4v) is 3.12. The topological polar surface area (TPSA) is 9.23 Å². The summed E-state index contributed by atoms with van der Waals surface area (Å²) in [4.78, 5) is 0. The molecule has 0 heterocycles. The summed E-state index contributed by atoms with van der Waals surface area (Å²) in [7, 11) is 1.77. The van der Waals surface area contributed by atoms with Gasteiger partial charge in [0.2, 0.25) is 0 Å². The van der Waals surface area contributed by atoms with Crippen molar-refractivity contribution in [3.05, 3.63) is 77.4 Å². The molecule has 0 saturated carbocycles. The molecule has 0 atom stereocenters. The second-order valence-corrected chi connectivity index (χ2v) is 6.27. The van der Waals surface area contributed by atoms with Gasteiger partial charge in [0, 0.05) is 5.56 Å². The van der Waals surface area contributed by atoms with E-state index in [0.717, 1.165) is 12.2 Å². The van der Waals surface area contributed by atoms with Crippen LogP contribution in [-0.4, -0.2) is 7.11 Å². The molecule has 3 aromatic rings. The molecule has 3 rings (SSSR count). The molecule has 24 heavy (non-hydrogen) atoms. The lowest BCUT2D eigenvalue weighted by Gasteiger charge is -2.18. The predicted octanol–water partition coefficient (Wildman–Crippen LogP) is 6.21. The van der Waals surface area contributed by atoms with Crippen molar-refractivity contribution < 1.29 is 4.74 Å². The van der Waals surface area contributed by atoms with Crippen molar-refractivity contribution in [3.8, 4) is 28.0 Å². The maximum atomic E-state index is 5.84. The zero-order chi connectivity index (χ0) is 17.1. The van der Waals surface area contributed by atoms with Crippen molar-refractivity contribution in [3.63, 3.8) is 0 Å². The van der Waals surface area contributed by atoms with Crippen LogP contribution in [0.2, 0.25) is 0 Å². The highest BCUT2D eigenvalue weighted by molar-refractivity contribution is 5.88. The summed E-state index contributed by atoms with van der Waals surface area (Å²) in [5.41, 5.74) is 8.59. The van der Waals surface area contributed by atoms with E-state index in [9.17, 15) is 0 Å². The van der Waals surface area contributed by atoms with E-state index in [4.69, 9.17) is 4.74 Å². The van der Waals surface area contributed by atoms with E-state index in [1.807, 2.05) is 0 Å². The van der Waals surface area contributed by atoms with Crippen LogP contribution in [0.3, 0.4) is 0 Å². The van der Waals surface area contributed by atoms with Crippen LogP contribution >= 0.6 is 0 Å². The van der Waals surface area contributed by atoms with Crippen molar-refractivity contribution >= 4 is 0 Å². The highest BCUT2D eigenvalue weighted by atomic mass is 16.5. The molecule has 0 radical (unpaired) electrons.